The summed E-state index contributed by atoms with van der Waals surface area (Å²) in [5.41, 5.74) is 0. The summed E-state index contributed by atoms with van der Waals surface area (Å²) in [5, 5.41) is 0. The fraction of sp³-hybridized carbons (Fsp3) is 0.591. The van der Waals surface area contributed by atoms with Crippen molar-refractivity contribution in [3.05, 3.63) is 24.3 Å². The van der Waals surface area contributed by atoms with Gasteiger partial charge in [-0.1, -0.05) is 6.42 Å². The van der Waals surface area contributed by atoms with Crippen molar-refractivity contribution in [2.75, 3.05) is 13.2 Å². The Kier molecular flexibility index (Phi) is 7.79. The van der Waals surface area contributed by atoms with Crippen molar-refractivity contribution in [2.45, 2.75) is 70.4 Å². The van der Waals surface area contributed by atoms with Crippen LogP contribution in [0.15, 0.2) is 24.3 Å². The zero-order valence-corrected chi connectivity index (χ0v) is 18.2. The van der Waals surface area contributed by atoms with Crippen molar-refractivity contribution >= 4 is 29.7 Å². The van der Waals surface area contributed by atoms with E-state index < -0.39 is 23.8 Å². The maximum Gasteiger partial charge on any atom is 0.305 e. The Bertz CT molecular complexity index is 818. The van der Waals surface area contributed by atoms with Crippen LogP contribution < -0.4 is 0 Å². The first kappa shape index (κ1) is 23.6. The molecule has 0 aromatic rings. The van der Waals surface area contributed by atoms with E-state index in [0.717, 1.165) is 4.90 Å². The number of unbranched alkanes of at least 4 members (excludes halogenated alkanes) is 2. The molecule has 0 bridgehead atoms. The molecule has 0 aromatic carbocycles. The van der Waals surface area contributed by atoms with Gasteiger partial charge in [-0.25, -0.2) is 0 Å². The van der Waals surface area contributed by atoms with Crippen molar-refractivity contribution in [2.24, 2.45) is 0 Å². The molecule has 0 N–H and O–H groups in total. The molecule has 0 radical (unpaired) electrons. The zero-order valence-electron chi connectivity index (χ0n) is 18.2. The third-order valence-electron chi connectivity index (χ3n) is 5.45. The molecule has 3 rings (SSSR count). The molecule has 3 amide bonds. The maximum atomic E-state index is 11.9. The van der Waals surface area contributed by atoms with Gasteiger partial charge in [0.1, 0.15) is 19.3 Å². The third-order valence-corrected chi connectivity index (χ3v) is 5.45. The summed E-state index contributed by atoms with van der Waals surface area (Å²) >= 11 is 0. The molecular formula is C22H28N2O8. The van der Waals surface area contributed by atoms with Crippen LogP contribution in [0.25, 0.3) is 0 Å². The molecule has 1 saturated heterocycles. The number of epoxide rings is 1. The van der Waals surface area contributed by atoms with Crippen LogP contribution in [0, 0.1) is 0 Å². The highest BCUT2D eigenvalue weighted by Crippen LogP contribution is 2.32. The van der Waals surface area contributed by atoms with E-state index in [9.17, 15) is 24.0 Å². The van der Waals surface area contributed by atoms with Gasteiger partial charge in [0.2, 0.25) is 5.91 Å². The van der Waals surface area contributed by atoms with Crippen LogP contribution in [-0.2, 0) is 38.2 Å². The molecular weight excluding hydrogens is 420 g/mol. The van der Waals surface area contributed by atoms with Crippen LogP contribution in [0.4, 0.5) is 0 Å². The van der Waals surface area contributed by atoms with Crippen LogP contribution in [-0.4, -0.2) is 77.1 Å². The second-order valence-electron chi connectivity index (χ2n) is 8.10. The Hall–Kier alpha value is -3.01. The number of fused-ring (bicyclic) bond motifs is 1. The number of imide groups is 1. The molecule has 0 aliphatic carbocycles. The average Bonchev–Trinajstić information content (AvgIpc) is 3.46. The lowest BCUT2D eigenvalue weighted by Gasteiger charge is -2.27. The van der Waals surface area contributed by atoms with Crippen molar-refractivity contribution in [3.8, 4) is 0 Å². The van der Waals surface area contributed by atoms with E-state index in [2.05, 4.69) is 0 Å². The molecule has 3 aliphatic rings. The number of esters is 2. The van der Waals surface area contributed by atoms with Gasteiger partial charge in [-0.2, -0.15) is 0 Å². The molecule has 0 aromatic heterocycles. The van der Waals surface area contributed by atoms with E-state index >= 15 is 0 Å². The number of carbonyl (C=O) groups is 5. The molecule has 0 spiro atoms. The van der Waals surface area contributed by atoms with Crippen LogP contribution >= 0.6 is 0 Å². The fourth-order valence-electron chi connectivity index (χ4n) is 3.62. The minimum Gasteiger partial charge on any atom is -0.463 e. The van der Waals surface area contributed by atoms with E-state index in [0.29, 0.717) is 19.3 Å². The van der Waals surface area contributed by atoms with Gasteiger partial charge in [-0.15, -0.1) is 0 Å². The first-order valence-electron chi connectivity index (χ1n) is 10.8. The maximum absolute atomic E-state index is 11.9. The largest absolute Gasteiger partial charge is 0.463 e. The Balaban J connectivity index is 1.22. The monoisotopic (exact) mass is 448 g/mol. The number of rotatable bonds is 12. The van der Waals surface area contributed by atoms with Gasteiger partial charge in [-0.3, -0.25) is 28.9 Å². The normalized spacial score (nSPS) is 23.2. The van der Waals surface area contributed by atoms with Gasteiger partial charge in [0, 0.05) is 31.1 Å². The Morgan fingerprint density at radius 3 is 2.03 bits per heavy atom. The summed E-state index contributed by atoms with van der Waals surface area (Å²) in [7, 11) is 0. The van der Waals surface area contributed by atoms with Crippen molar-refractivity contribution in [3.63, 3.8) is 0 Å². The van der Waals surface area contributed by atoms with Gasteiger partial charge < -0.3 is 19.1 Å². The first-order chi connectivity index (χ1) is 15.3. The van der Waals surface area contributed by atoms with Crippen LogP contribution in [0.3, 0.4) is 0 Å². The van der Waals surface area contributed by atoms with Gasteiger partial charge in [-0.05, 0) is 32.8 Å². The van der Waals surface area contributed by atoms with Crippen molar-refractivity contribution in [1.82, 2.24) is 9.80 Å². The zero-order chi connectivity index (χ0) is 23.3. The molecule has 1 fully saturated rings. The van der Waals surface area contributed by atoms with Crippen LogP contribution in [0.1, 0.15) is 46.0 Å². The molecule has 4 atom stereocenters. The second-order valence-corrected chi connectivity index (χ2v) is 8.10. The summed E-state index contributed by atoms with van der Waals surface area (Å²) in [6.45, 7) is 3.50. The average molecular weight is 448 g/mol. The lowest BCUT2D eigenvalue weighted by Crippen LogP contribution is -2.44. The minimum absolute atomic E-state index is 0.0511. The van der Waals surface area contributed by atoms with Gasteiger partial charge in [0.15, 0.2) is 6.23 Å². The Labute approximate surface area is 186 Å². The summed E-state index contributed by atoms with van der Waals surface area (Å²) in [4.78, 5) is 61.5. The molecule has 174 valence electrons. The Morgan fingerprint density at radius 2 is 1.44 bits per heavy atom. The highest BCUT2D eigenvalue weighted by Gasteiger charge is 2.48. The highest BCUT2D eigenvalue weighted by molar-refractivity contribution is 6.13. The quantitative estimate of drug-likeness (QED) is 0.186. The summed E-state index contributed by atoms with van der Waals surface area (Å²) in [6.07, 6.45) is 7.45. The minimum atomic E-state index is -0.528. The number of carbonyl (C=O) groups excluding carboxylic acids is 5. The lowest BCUT2D eigenvalue weighted by atomic mass is 10.1. The molecule has 0 saturated carbocycles. The van der Waals surface area contributed by atoms with E-state index in [1.807, 2.05) is 6.92 Å². The molecule has 3 aliphatic heterocycles. The standard InChI is InChI=1S/C22H28N2O8/c1-14(23-17(25)10-11-18(23)26)12-30-20(28)6-4-3-5-7-21(29)31-13-15(2)24-19(27)9-8-16-22(24)32-16/h8-11,14-16,22H,3-7,12-13H2,1-2H3. The van der Waals surface area contributed by atoms with Crippen LogP contribution in [0.5, 0.6) is 0 Å². The lowest BCUT2D eigenvalue weighted by molar-refractivity contribution is -0.150. The third kappa shape index (κ3) is 6.03. The topological polar surface area (TPSA) is 123 Å². The van der Waals surface area contributed by atoms with Crippen molar-refractivity contribution in [1.29, 1.82) is 0 Å². The summed E-state index contributed by atoms with van der Waals surface area (Å²) in [6, 6.07) is -0.801. The van der Waals surface area contributed by atoms with Gasteiger partial charge in [0.05, 0.1) is 12.1 Å². The number of nitrogens with zero attached hydrogens (tertiary/aromatic N) is 2. The smallest absolute Gasteiger partial charge is 0.305 e. The molecule has 3 heterocycles. The Morgan fingerprint density at radius 1 is 0.875 bits per heavy atom. The van der Waals surface area contributed by atoms with E-state index in [4.69, 9.17) is 14.2 Å². The summed E-state index contributed by atoms with van der Waals surface area (Å²) < 4.78 is 15.8. The fourth-order valence-corrected chi connectivity index (χ4v) is 3.62. The second kappa shape index (κ2) is 10.5. The van der Waals surface area contributed by atoms with E-state index in [1.54, 1.807) is 17.9 Å². The van der Waals surface area contributed by atoms with E-state index in [-0.39, 0.29) is 56.3 Å². The molecule has 4 unspecified atom stereocenters. The van der Waals surface area contributed by atoms with Crippen LogP contribution in [0.2, 0.25) is 0 Å². The number of ether oxygens (including phenoxy) is 3. The van der Waals surface area contributed by atoms with Gasteiger partial charge in [0.25, 0.3) is 11.8 Å². The molecule has 10 heteroatoms. The van der Waals surface area contributed by atoms with E-state index in [1.165, 1.54) is 18.2 Å². The van der Waals surface area contributed by atoms with Gasteiger partial charge >= 0.3 is 11.9 Å². The summed E-state index contributed by atoms with van der Waals surface area (Å²) in [5.74, 6) is -1.74. The first-order valence-corrected chi connectivity index (χ1v) is 10.8. The predicted octanol–water partition coefficient (Wildman–Crippen LogP) is 0.849. The molecule has 32 heavy (non-hydrogen) atoms. The molecule has 10 nitrogen and oxygen atoms in total. The SMILES string of the molecule is CC(COC(=O)CCCCCC(=O)OCC(C)N1C(=O)C=CC2OC21)N1C(=O)C=CC1=O. The number of hydrogen-bond donors (Lipinski definition) is 0. The number of amides is 3. The predicted molar refractivity (Wildman–Crippen MR) is 110 cm³/mol. The number of hydrogen-bond acceptors (Lipinski definition) is 8. The highest BCUT2D eigenvalue weighted by atomic mass is 16.6. The van der Waals surface area contributed by atoms with Crippen molar-refractivity contribution < 1.29 is 38.2 Å².